The summed E-state index contributed by atoms with van der Waals surface area (Å²) in [4.78, 5) is 42.3. The van der Waals surface area contributed by atoms with E-state index < -0.39 is 17.3 Å². The summed E-state index contributed by atoms with van der Waals surface area (Å²) in [5.74, 6) is -1.77. The molecule has 2 aliphatic heterocycles. The van der Waals surface area contributed by atoms with Gasteiger partial charge >= 0.3 is 5.97 Å². The Morgan fingerprint density at radius 2 is 1.83 bits per heavy atom. The Morgan fingerprint density at radius 3 is 2.54 bits per heavy atom. The molecular formula is C24H17BrCl3N3O4. The summed E-state index contributed by atoms with van der Waals surface area (Å²) in [7, 11) is 1.19. The SMILES string of the molecule is COC(=O)C1=C(N)N(c2cc(Cl)c(Cl)cc2Cl)C2=C(C(=O)CCC2)C12C(=O)Nc1ccc(Br)cc12. The van der Waals surface area contributed by atoms with Gasteiger partial charge in [-0.1, -0.05) is 50.7 Å². The molecule has 0 saturated carbocycles. The number of ether oxygens (including phenoxy) is 1. The molecule has 3 N–H and O–H groups in total. The van der Waals surface area contributed by atoms with E-state index in [1.807, 2.05) is 0 Å². The number of hydrogen-bond donors (Lipinski definition) is 2. The first kappa shape index (κ1) is 24.2. The Kier molecular flexibility index (Phi) is 5.91. The van der Waals surface area contributed by atoms with Crippen molar-refractivity contribution < 1.29 is 19.1 Å². The van der Waals surface area contributed by atoms with Crippen LogP contribution in [0.5, 0.6) is 0 Å². The van der Waals surface area contributed by atoms with Gasteiger partial charge in [0.15, 0.2) is 5.78 Å². The number of carbonyl (C=O) groups is 3. The van der Waals surface area contributed by atoms with Gasteiger partial charge in [0.2, 0.25) is 5.91 Å². The Labute approximate surface area is 223 Å². The number of halogens is 4. The first-order valence-electron chi connectivity index (χ1n) is 10.5. The number of benzene rings is 2. The summed E-state index contributed by atoms with van der Waals surface area (Å²) in [5, 5.41) is 3.46. The zero-order valence-electron chi connectivity index (χ0n) is 18.2. The highest BCUT2D eigenvalue weighted by Gasteiger charge is 2.62. The molecule has 0 saturated heterocycles. The minimum Gasteiger partial charge on any atom is -0.466 e. The number of ketones is 1. The average Bonchev–Trinajstić information content (AvgIpc) is 3.08. The van der Waals surface area contributed by atoms with Crippen LogP contribution in [0.25, 0.3) is 0 Å². The first-order chi connectivity index (χ1) is 16.6. The van der Waals surface area contributed by atoms with Gasteiger partial charge in [0.25, 0.3) is 0 Å². The third-order valence-corrected chi connectivity index (χ3v) is 8.01. The van der Waals surface area contributed by atoms with E-state index in [0.29, 0.717) is 39.9 Å². The van der Waals surface area contributed by atoms with E-state index in [1.165, 1.54) is 24.1 Å². The maximum atomic E-state index is 13.8. The summed E-state index contributed by atoms with van der Waals surface area (Å²) in [6, 6.07) is 8.13. The fourth-order valence-electron chi connectivity index (χ4n) is 5.14. The van der Waals surface area contributed by atoms with Crippen molar-refractivity contribution in [1.82, 2.24) is 0 Å². The molecule has 7 nitrogen and oxygen atoms in total. The van der Waals surface area contributed by atoms with E-state index in [9.17, 15) is 14.4 Å². The topological polar surface area (TPSA) is 102 Å². The quantitative estimate of drug-likeness (QED) is 0.352. The zero-order chi connectivity index (χ0) is 25.2. The van der Waals surface area contributed by atoms with Crippen molar-refractivity contribution in [1.29, 1.82) is 0 Å². The van der Waals surface area contributed by atoms with Crippen LogP contribution in [0.4, 0.5) is 11.4 Å². The van der Waals surface area contributed by atoms with E-state index in [0.717, 1.165) is 0 Å². The standard InChI is InChI=1S/C24H17BrCl3N3O4/c1-35-22(33)20-21(29)31(17-9-13(27)12(26)8-14(17)28)16-3-2-4-18(32)19(16)24(20)11-7-10(25)5-6-15(11)30-23(24)34/h5-9H,2-4,29H2,1H3,(H,30,34). The molecule has 0 fully saturated rings. The van der Waals surface area contributed by atoms with E-state index in [-0.39, 0.29) is 44.2 Å². The maximum absolute atomic E-state index is 13.8. The summed E-state index contributed by atoms with van der Waals surface area (Å²) >= 11 is 22.4. The Balaban J connectivity index is 1.93. The molecule has 0 bridgehead atoms. The lowest BCUT2D eigenvalue weighted by molar-refractivity contribution is -0.138. The zero-order valence-corrected chi connectivity index (χ0v) is 22.0. The molecule has 1 spiro atoms. The summed E-state index contributed by atoms with van der Waals surface area (Å²) in [6.45, 7) is 0. The molecule has 0 aromatic heterocycles. The molecule has 1 atom stereocenters. The fourth-order valence-corrected chi connectivity index (χ4v) is 6.13. The minimum absolute atomic E-state index is 0.0893. The van der Waals surface area contributed by atoms with Crippen LogP contribution >= 0.6 is 50.7 Å². The lowest BCUT2D eigenvalue weighted by Crippen LogP contribution is -2.53. The molecular weight excluding hydrogens is 581 g/mol. The van der Waals surface area contributed by atoms with Crippen molar-refractivity contribution in [3.05, 3.63) is 78.1 Å². The van der Waals surface area contributed by atoms with E-state index in [2.05, 4.69) is 21.2 Å². The normalized spacial score (nSPS) is 21.3. The van der Waals surface area contributed by atoms with Crippen molar-refractivity contribution in [2.75, 3.05) is 17.3 Å². The number of anilines is 2. The van der Waals surface area contributed by atoms with Crippen molar-refractivity contribution in [3.8, 4) is 0 Å². The van der Waals surface area contributed by atoms with Crippen molar-refractivity contribution in [2.24, 2.45) is 5.73 Å². The number of hydrogen-bond acceptors (Lipinski definition) is 6. The molecule has 1 amide bonds. The molecule has 1 unspecified atom stereocenters. The molecule has 1 aliphatic carbocycles. The van der Waals surface area contributed by atoms with Crippen LogP contribution in [0, 0.1) is 0 Å². The van der Waals surface area contributed by atoms with Gasteiger partial charge in [0, 0.05) is 33.4 Å². The largest absolute Gasteiger partial charge is 0.466 e. The monoisotopic (exact) mass is 595 g/mol. The molecule has 11 heteroatoms. The summed E-state index contributed by atoms with van der Waals surface area (Å²) < 4.78 is 5.77. The highest BCUT2D eigenvalue weighted by molar-refractivity contribution is 9.10. The van der Waals surface area contributed by atoms with E-state index in [1.54, 1.807) is 18.2 Å². The lowest BCUT2D eigenvalue weighted by Gasteiger charge is -2.44. The second-order valence-electron chi connectivity index (χ2n) is 8.30. The number of Topliss-reactive ketones (excluding diaryl/α,β-unsaturated/α-hetero) is 1. The first-order valence-corrected chi connectivity index (χ1v) is 12.5. The van der Waals surface area contributed by atoms with Gasteiger partial charge in [-0.05, 0) is 43.2 Å². The lowest BCUT2D eigenvalue weighted by atomic mass is 9.63. The number of carbonyl (C=O) groups excluding carboxylic acids is 3. The number of allylic oxidation sites excluding steroid dienone is 1. The molecule has 5 rings (SSSR count). The summed E-state index contributed by atoms with van der Waals surface area (Å²) in [5.41, 5.74) is 6.58. The van der Waals surface area contributed by atoms with Gasteiger partial charge in [-0.15, -0.1) is 0 Å². The van der Waals surface area contributed by atoms with Crippen LogP contribution in [-0.4, -0.2) is 24.8 Å². The molecule has 2 aromatic carbocycles. The fraction of sp³-hybridized carbons (Fsp3) is 0.208. The third kappa shape index (κ3) is 3.34. The highest BCUT2D eigenvalue weighted by atomic mass is 79.9. The number of amides is 1. The van der Waals surface area contributed by atoms with Crippen LogP contribution in [0.15, 0.2) is 57.5 Å². The molecule has 0 radical (unpaired) electrons. The van der Waals surface area contributed by atoms with Gasteiger partial charge in [-0.25, -0.2) is 4.79 Å². The molecule has 35 heavy (non-hydrogen) atoms. The molecule has 180 valence electrons. The number of fused-ring (bicyclic) bond motifs is 3. The summed E-state index contributed by atoms with van der Waals surface area (Å²) in [6.07, 6.45) is 1.14. The van der Waals surface area contributed by atoms with Gasteiger partial charge in [0.1, 0.15) is 16.8 Å². The Bertz CT molecular complexity index is 1420. The number of rotatable bonds is 2. The van der Waals surface area contributed by atoms with Crippen LogP contribution < -0.4 is 16.0 Å². The predicted octanol–water partition coefficient (Wildman–Crippen LogP) is 5.47. The van der Waals surface area contributed by atoms with E-state index in [4.69, 9.17) is 45.3 Å². The highest BCUT2D eigenvalue weighted by Crippen LogP contribution is 2.56. The van der Waals surface area contributed by atoms with Crippen LogP contribution in [0.3, 0.4) is 0 Å². The smallest absolute Gasteiger partial charge is 0.339 e. The maximum Gasteiger partial charge on any atom is 0.339 e. The second kappa shape index (κ2) is 8.55. The third-order valence-electron chi connectivity index (χ3n) is 6.50. The van der Waals surface area contributed by atoms with Gasteiger partial charge in [-0.2, -0.15) is 0 Å². The Hall–Kier alpha value is -2.52. The van der Waals surface area contributed by atoms with Crippen molar-refractivity contribution in [3.63, 3.8) is 0 Å². The molecule has 2 aromatic rings. The molecule has 3 aliphatic rings. The number of nitrogens with zero attached hydrogens (tertiary/aromatic N) is 1. The number of nitrogens with one attached hydrogen (secondary N) is 1. The average molecular weight is 598 g/mol. The molecule has 2 heterocycles. The predicted molar refractivity (Wildman–Crippen MR) is 138 cm³/mol. The van der Waals surface area contributed by atoms with Gasteiger partial charge in [0.05, 0.1) is 27.9 Å². The minimum atomic E-state index is -1.79. The van der Waals surface area contributed by atoms with Crippen LogP contribution in [0.1, 0.15) is 24.8 Å². The van der Waals surface area contributed by atoms with Crippen LogP contribution in [0.2, 0.25) is 15.1 Å². The van der Waals surface area contributed by atoms with Crippen molar-refractivity contribution >= 4 is 79.8 Å². The Morgan fingerprint density at radius 1 is 1.11 bits per heavy atom. The van der Waals surface area contributed by atoms with Crippen molar-refractivity contribution in [2.45, 2.75) is 24.7 Å². The van der Waals surface area contributed by atoms with Gasteiger partial charge in [-0.3, -0.25) is 14.5 Å². The number of methoxy groups -OCH3 is 1. The number of nitrogens with two attached hydrogens (primary N) is 1. The van der Waals surface area contributed by atoms with Gasteiger partial charge < -0.3 is 15.8 Å². The van der Waals surface area contributed by atoms with E-state index >= 15 is 0 Å². The second-order valence-corrected chi connectivity index (χ2v) is 10.4. The number of esters is 1. The van der Waals surface area contributed by atoms with Crippen LogP contribution in [-0.2, 0) is 24.5 Å².